The fraction of sp³-hybridized carbons (Fsp3) is 0.917. The summed E-state index contributed by atoms with van der Waals surface area (Å²) in [6, 6.07) is 0. The Hall–Kier alpha value is -0.570. The van der Waals surface area contributed by atoms with Crippen molar-refractivity contribution in [2.75, 3.05) is 6.54 Å². The van der Waals surface area contributed by atoms with Crippen LogP contribution in [0.15, 0.2) is 0 Å². The van der Waals surface area contributed by atoms with Crippen LogP contribution in [0.5, 0.6) is 0 Å². The van der Waals surface area contributed by atoms with Gasteiger partial charge in [-0.2, -0.15) is 0 Å². The Morgan fingerprint density at radius 1 is 1.33 bits per heavy atom. The fourth-order valence-electron chi connectivity index (χ4n) is 2.19. The Labute approximate surface area is 91.2 Å². The van der Waals surface area contributed by atoms with E-state index in [1.54, 1.807) is 0 Å². The van der Waals surface area contributed by atoms with Crippen LogP contribution >= 0.6 is 0 Å². The Kier molecular flexibility index (Phi) is 2.75. The van der Waals surface area contributed by atoms with Crippen molar-refractivity contribution in [2.24, 2.45) is 17.8 Å². The predicted molar refractivity (Wildman–Crippen MR) is 58.2 cm³/mol. The molecule has 0 aromatic heterocycles. The van der Waals surface area contributed by atoms with Gasteiger partial charge in [0.1, 0.15) is 5.60 Å². The van der Waals surface area contributed by atoms with Gasteiger partial charge >= 0.3 is 0 Å². The van der Waals surface area contributed by atoms with Crippen LogP contribution in [0.2, 0.25) is 0 Å². The average Bonchev–Trinajstić information content (AvgIpc) is 2.98. The summed E-state index contributed by atoms with van der Waals surface area (Å²) in [5.74, 6) is 2.13. The molecular weight excluding hydrogens is 190 g/mol. The Morgan fingerprint density at radius 2 is 1.80 bits per heavy atom. The normalized spacial score (nSPS) is 21.9. The molecule has 0 spiro atoms. The van der Waals surface area contributed by atoms with Crippen molar-refractivity contribution in [3.63, 3.8) is 0 Å². The second-order valence-corrected chi connectivity index (χ2v) is 5.61. The quantitative estimate of drug-likeness (QED) is 0.720. The summed E-state index contributed by atoms with van der Waals surface area (Å²) in [6.45, 7) is 3.83. The first-order chi connectivity index (χ1) is 6.98. The van der Waals surface area contributed by atoms with E-state index in [9.17, 15) is 9.90 Å². The molecule has 2 saturated carbocycles. The highest BCUT2D eigenvalue weighted by atomic mass is 16.3. The van der Waals surface area contributed by atoms with Gasteiger partial charge in [-0.15, -0.1) is 0 Å². The third-order valence-corrected chi connectivity index (χ3v) is 3.51. The third kappa shape index (κ3) is 2.94. The van der Waals surface area contributed by atoms with E-state index in [0.29, 0.717) is 5.92 Å². The van der Waals surface area contributed by atoms with E-state index in [-0.39, 0.29) is 5.91 Å². The molecule has 0 bridgehead atoms. The SMILES string of the molecule is CC(C)(O)C(=O)NCC(C1CC1)C1CC1. The lowest BCUT2D eigenvalue weighted by atomic mass is 9.97. The molecule has 2 fully saturated rings. The Bertz CT molecular complexity index is 237. The highest BCUT2D eigenvalue weighted by molar-refractivity contribution is 5.83. The van der Waals surface area contributed by atoms with E-state index in [2.05, 4.69) is 5.32 Å². The van der Waals surface area contributed by atoms with Crippen LogP contribution in [0, 0.1) is 17.8 Å². The molecule has 0 unspecified atom stereocenters. The molecule has 0 saturated heterocycles. The fourth-order valence-corrected chi connectivity index (χ4v) is 2.19. The summed E-state index contributed by atoms with van der Waals surface area (Å²) < 4.78 is 0. The lowest BCUT2D eigenvalue weighted by Crippen LogP contribution is -2.44. The molecule has 2 rings (SSSR count). The molecule has 0 heterocycles. The van der Waals surface area contributed by atoms with E-state index in [0.717, 1.165) is 18.4 Å². The predicted octanol–water partition coefficient (Wildman–Crippen LogP) is 1.31. The zero-order valence-electron chi connectivity index (χ0n) is 9.62. The van der Waals surface area contributed by atoms with Gasteiger partial charge in [0.25, 0.3) is 5.91 Å². The van der Waals surface area contributed by atoms with E-state index < -0.39 is 5.60 Å². The number of rotatable bonds is 5. The van der Waals surface area contributed by atoms with E-state index in [1.165, 1.54) is 39.5 Å². The molecule has 0 aromatic rings. The second kappa shape index (κ2) is 3.78. The first kappa shape index (κ1) is 10.9. The van der Waals surface area contributed by atoms with Crippen molar-refractivity contribution in [2.45, 2.75) is 45.1 Å². The van der Waals surface area contributed by atoms with E-state index in [4.69, 9.17) is 0 Å². The van der Waals surface area contributed by atoms with Gasteiger partial charge < -0.3 is 10.4 Å². The number of carbonyl (C=O) groups excluding carboxylic acids is 1. The number of carbonyl (C=O) groups is 1. The number of hydrogen-bond acceptors (Lipinski definition) is 2. The Morgan fingerprint density at radius 3 is 2.13 bits per heavy atom. The van der Waals surface area contributed by atoms with Crippen LogP contribution < -0.4 is 5.32 Å². The van der Waals surface area contributed by atoms with Crippen LogP contribution in [0.3, 0.4) is 0 Å². The van der Waals surface area contributed by atoms with Crippen molar-refractivity contribution >= 4 is 5.91 Å². The van der Waals surface area contributed by atoms with Crippen molar-refractivity contribution in [1.29, 1.82) is 0 Å². The molecule has 0 aliphatic heterocycles. The van der Waals surface area contributed by atoms with Crippen LogP contribution in [0.25, 0.3) is 0 Å². The molecule has 2 aliphatic rings. The van der Waals surface area contributed by atoms with Gasteiger partial charge in [-0.25, -0.2) is 0 Å². The lowest BCUT2D eigenvalue weighted by Gasteiger charge is -2.21. The molecule has 15 heavy (non-hydrogen) atoms. The van der Waals surface area contributed by atoms with Crippen LogP contribution in [0.1, 0.15) is 39.5 Å². The maximum Gasteiger partial charge on any atom is 0.251 e. The van der Waals surface area contributed by atoms with Crippen molar-refractivity contribution < 1.29 is 9.90 Å². The summed E-state index contributed by atoms with van der Waals surface area (Å²) in [5, 5.41) is 12.4. The first-order valence-corrected chi connectivity index (χ1v) is 5.99. The third-order valence-electron chi connectivity index (χ3n) is 3.51. The van der Waals surface area contributed by atoms with E-state index >= 15 is 0 Å². The summed E-state index contributed by atoms with van der Waals surface area (Å²) in [7, 11) is 0. The summed E-state index contributed by atoms with van der Waals surface area (Å²) in [6.07, 6.45) is 5.33. The van der Waals surface area contributed by atoms with Gasteiger partial charge in [0.15, 0.2) is 0 Å². The molecule has 0 aromatic carbocycles. The maximum atomic E-state index is 11.5. The number of aliphatic hydroxyl groups is 1. The average molecular weight is 211 g/mol. The molecule has 0 atom stereocenters. The summed E-state index contributed by atoms with van der Waals surface area (Å²) >= 11 is 0. The minimum absolute atomic E-state index is 0.242. The van der Waals surface area contributed by atoms with E-state index in [1.807, 2.05) is 0 Å². The number of nitrogens with one attached hydrogen (secondary N) is 1. The molecule has 3 heteroatoms. The standard InChI is InChI=1S/C12H21NO2/c1-12(2,15)11(14)13-7-10(8-3-4-8)9-5-6-9/h8-10,15H,3-7H2,1-2H3,(H,13,14). The molecule has 0 radical (unpaired) electrons. The molecule has 2 N–H and O–H groups in total. The summed E-state index contributed by atoms with van der Waals surface area (Å²) in [4.78, 5) is 11.5. The van der Waals surface area contributed by atoms with Crippen molar-refractivity contribution in [3.8, 4) is 0 Å². The monoisotopic (exact) mass is 211 g/mol. The van der Waals surface area contributed by atoms with Crippen LogP contribution in [-0.2, 0) is 4.79 Å². The molecule has 3 nitrogen and oxygen atoms in total. The van der Waals surface area contributed by atoms with Gasteiger partial charge in [0.2, 0.25) is 0 Å². The second-order valence-electron chi connectivity index (χ2n) is 5.61. The van der Waals surface area contributed by atoms with Crippen molar-refractivity contribution in [3.05, 3.63) is 0 Å². The molecule has 1 amide bonds. The molecule has 2 aliphatic carbocycles. The highest BCUT2D eigenvalue weighted by Crippen LogP contribution is 2.48. The lowest BCUT2D eigenvalue weighted by molar-refractivity contribution is -0.136. The molecular formula is C12H21NO2. The van der Waals surface area contributed by atoms with Gasteiger partial charge in [0.05, 0.1) is 0 Å². The van der Waals surface area contributed by atoms with Gasteiger partial charge in [-0.1, -0.05) is 0 Å². The zero-order valence-corrected chi connectivity index (χ0v) is 9.62. The minimum atomic E-state index is -1.24. The molecule has 86 valence electrons. The number of hydrogen-bond donors (Lipinski definition) is 2. The summed E-state index contributed by atoms with van der Waals surface area (Å²) in [5.41, 5.74) is -1.24. The van der Waals surface area contributed by atoms with Gasteiger partial charge in [0, 0.05) is 6.54 Å². The first-order valence-electron chi connectivity index (χ1n) is 5.99. The van der Waals surface area contributed by atoms with Crippen LogP contribution in [-0.4, -0.2) is 23.2 Å². The zero-order chi connectivity index (χ0) is 11.1. The minimum Gasteiger partial charge on any atom is -0.381 e. The largest absolute Gasteiger partial charge is 0.381 e. The number of amides is 1. The highest BCUT2D eigenvalue weighted by Gasteiger charge is 2.41. The van der Waals surface area contributed by atoms with Crippen LogP contribution in [0.4, 0.5) is 0 Å². The topological polar surface area (TPSA) is 49.3 Å². The maximum absolute atomic E-state index is 11.5. The smallest absolute Gasteiger partial charge is 0.251 e. The van der Waals surface area contributed by atoms with Gasteiger partial charge in [-0.3, -0.25) is 4.79 Å². The van der Waals surface area contributed by atoms with Crippen molar-refractivity contribution in [1.82, 2.24) is 5.32 Å². The Balaban J connectivity index is 1.78. The van der Waals surface area contributed by atoms with Gasteiger partial charge in [-0.05, 0) is 57.3 Å².